The molecule has 4 aromatic rings. The third-order valence-electron chi connectivity index (χ3n) is 4.78. The number of benzene rings is 1. The number of hydrogen-bond acceptors (Lipinski definition) is 8. The third-order valence-corrected chi connectivity index (χ3v) is 5.71. The highest BCUT2D eigenvalue weighted by molar-refractivity contribution is 7.10. The molecule has 0 spiro atoms. The van der Waals surface area contributed by atoms with Crippen LogP contribution in [0.5, 0.6) is 11.5 Å². The number of methoxy groups -OCH3 is 1. The topological polar surface area (TPSA) is 112 Å². The third kappa shape index (κ3) is 2.11. The first-order valence-corrected chi connectivity index (χ1v) is 9.18. The zero-order valence-corrected chi connectivity index (χ0v) is 15.3. The van der Waals surface area contributed by atoms with E-state index in [0.717, 1.165) is 4.88 Å². The number of hydrogen-bond donors (Lipinski definition) is 1. The van der Waals surface area contributed by atoms with Gasteiger partial charge >= 0.3 is 5.63 Å². The molecule has 7 nitrogen and oxygen atoms in total. The van der Waals surface area contributed by atoms with Crippen LogP contribution in [0.15, 0.2) is 61.0 Å². The number of nitrogens with two attached hydrogens (primary N) is 1. The van der Waals surface area contributed by atoms with Gasteiger partial charge < -0.3 is 24.0 Å². The molecular weight excluding hydrogens is 380 g/mol. The van der Waals surface area contributed by atoms with Crippen molar-refractivity contribution in [1.29, 1.82) is 5.26 Å². The molecule has 1 unspecified atom stereocenters. The maximum atomic E-state index is 12.9. The number of allylic oxidation sites excluding steroid dienone is 1. The molecule has 0 fully saturated rings. The van der Waals surface area contributed by atoms with Crippen molar-refractivity contribution < 1.29 is 18.3 Å². The average Bonchev–Trinajstić information content (AvgIpc) is 3.37. The fourth-order valence-electron chi connectivity index (χ4n) is 3.61. The molecule has 1 aliphatic rings. The highest BCUT2D eigenvalue weighted by Gasteiger charge is 2.37. The number of nitrogens with zero attached hydrogens (tertiary/aromatic N) is 1. The molecule has 28 heavy (non-hydrogen) atoms. The van der Waals surface area contributed by atoms with Crippen molar-refractivity contribution in [2.75, 3.05) is 7.11 Å². The summed E-state index contributed by atoms with van der Waals surface area (Å²) in [5.74, 6) is -0.0331. The van der Waals surface area contributed by atoms with E-state index in [1.54, 1.807) is 12.1 Å². The van der Waals surface area contributed by atoms with Crippen LogP contribution in [0, 0.1) is 11.3 Å². The van der Waals surface area contributed by atoms with Gasteiger partial charge in [-0.15, -0.1) is 11.3 Å². The van der Waals surface area contributed by atoms with Gasteiger partial charge in [-0.2, -0.15) is 5.26 Å². The Morgan fingerprint density at radius 1 is 1.32 bits per heavy atom. The Morgan fingerprint density at radius 2 is 2.18 bits per heavy atom. The normalized spacial score (nSPS) is 16.1. The largest absolute Gasteiger partial charge is 0.495 e. The second kappa shape index (κ2) is 5.90. The molecule has 0 amide bonds. The monoisotopic (exact) mass is 392 g/mol. The second-order valence-electron chi connectivity index (χ2n) is 6.19. The maximum Gasteiger partial charge on any atom is 0.344 e. The molecule has 1 atom stereocenters. The fourth-order valence-corrected chi connectivity index (χ4v) is 4.46. The Kier molecular flexibility index (Phi) is 3.47. The SMILES string of the molecule is COc1c2ccoc2cc2oc(=O)c3c(c12)OC(N)=C(C#N)C3c1cccs1. The van der Waals surface area contributed by atoms with E-state index in [2.05, 4.69) is 6.07 Å². The van der Waals surface area contributed by atoms with Crippen LogP contribution >= 0.6 is 11.3 Å². The van der Waals surface area contributed by atoms with Crippen molar-refractivity contribution in [1.82, 2.24) is 0 Å². The Hall–Kier alpha value is -3.70. The molecule has 0 saturated heterocycles. The summed E-state index contributed by atoms with van der Waals surface area (Å²) in [5, 5.41) is 12.7. The molecule has 4 heterocycles. The molecule has 2 N–H and O–H groups in total. The van der Waals surface area contributed by atoms with Crippen LogP contribution in [-0.4, -0.2) is 7.11 Å². The summed E-state index contributed by atoms with van der Waals surface area (Å²) in [4.78, 5) is 13.7. The zero-order chi connectivity index (χ0) is 19.4. The molecule has 0 saturated carbocycles. The van der Waals surface area contributed by atoms with Crippen LogP contribution in [0.4, 0.5) is 0 Å². The minimum absolute atomic E-state index is 0.0466. The summed E-state index contributed by atoms with van der Waals surface area (Å²) >= 11 is 1.42. The van der Waals surface area contributed by atoms with Crippen molar-refractivity contribution in [2.24, 2.45) is 5.73 Å². The van der Waals surface area contributed by atoms with E-state index < -0.39 is 11.5 Å². The van der Waals surface area contributed by atoms with E-state index in [4.69, 9.17) is 24.0 Å². The van der Waals surface area contributed by atoms with E-state index >= 15 is 0 Å². The number of thiophene rings is 1. The summed E-state index contributed by atoms with van der Waals surface area (Å²) in [6.45, 7) is 0. The van der Waals surface area contributed by atoms with Gasteiger partial charge in [0.25, 0.3) is 0 Å². The van der Waals surface area contributed by atoms with Crippen LogP contribution in [0.25, 0.3) is 21.9 Å². The Labute approximate surface area is 161 Å². The molecule has 1 aromatic carbocycles. The smallest absolute Gasteiger partial charge is 0.344 e. The molecule has 1 aliphatic heterocycles. The minimum atomic E-state index is -0.667. The second-order valence-corrected chi connectivity index (χ2v) is 7.17. The van der Waals surface area contributed by atoms with Gasteiger partial charge in [-0.05, 0) is 17.5 Å². The van der Waals surface area contributed by atoms with Crippen molar-refractivity contribution in [2.45, 2.75) is 5.92 Å². The lowest BCUT2D eigenvalue weighted by Crippen LogP contribution is -2.26. The van der Waals surface area contributed by atoms with E-state index in [9.17, 15) is 10.1 Å². The average molecular weight is 392 g/mol. The first-order valence-electron chi connectivity index (χ1n) is 8.30. The van der Waals surface area contributed by atoms with Gasteiger partial charge in [0.2, 0.25) is 5.88 Å². The highest BCUT2D eigenvalue weighted by atomic mass is 32.1. The van der Waals surface area contributed by atoms with Crippen molar-refractivity contribution in [3.05, 3.63) is 68.2 Å². The van der Waals surface area contributed by atoms with Gasteiger partial charge in [0.05, 0.1) is 30.2 Å². The lowest BCUT2D eigenvalue weighted by atomic mass is 9.88. The maximum absolute atomic E-state index is 12.9. The predicted octanol–water partition coefficient (Wildman–Crippen LogP) is 3.83. The quantitative estimate of drug-likeness (QED) is 0.516. The van der Waals surface area contributed by atoms with E-state index in [1.807, 2.05) is 17.5 Å². The van der Waals surface area contributed by atoms with Crippen molar-refractivity contribution >= 4 is 33.3 Å². The van der Waals surface area contributed by atoms with Crippen LogP contribution in [-0.2, 0) is 0 Å². The number of rotatable bonds is 2. The first-order chi connectivity index (χ1) is 13.6. The molecule has 0 bridgehead atoms. The number of fused-ring (bicyclic) bond motifs is 4. The van der Waals surface area contributed by atoms with Crippen molar-refractivity contribution in [3.8, 4) is 17.6 Å². The van der Waals surface area contributed by atoms with E-state index in [0.29, 0.717) is 22.1 Å². The molecule has 0 radical (unpaired) electrons. The minimum Gasteiger partial charge on any atom is -0.495 e. The number of nitriles is 1. The van der Waals surface area contributed by atoms with Crippen LogP contribution in [0.2, 0.25) is 0 Å². The molecule has 8 heteroatoms. The molecule has 138 valence electrons. The molecule has 5 rings (SSSR count). The fraction of sp³-hybridized carbons (Fsp3) is 0.100. The zero-order valence-electron chi connectivity index (χ0n) is 14.5. The highest BCUT2D eigenvalue weighted by Crippen LogP contribution is 2.48. The Bertz CT molecular complexity index is 1370. The summed E-state index contributed by atoms with van der Waals surface area (Å²) in [6, 6.07) is 9.12. The van der Waals surface area contributed by atoms with Gasteiger partial charge in [0.1, 0.15) is 33.9 Å². The van der Waals surface area contributed by atoms with E-state index in [-0.39, 0.29) is 28.4 Å². The number of furan rings is 1. The molecule has 0 aliphatic carbocycles. The van der Waals surface area contributed by atoms with Gasteiger partial charge in [-0.1, -0.05) is 6.07 Å². The number of ether oxygens (including phenoxy) is 2. The standard InChI is InChI=1S/C20H12N2O5S/c1-24-17-9-4-5-25-11(9)7-12-15(17)18-16(20(23)26-12)14(13-3-2-6-28-13)10(8-21)19(22)27-18/h2-7,14H,22H2,1H3. The van der Waals surface area contributed by atoms with Gasteiger partial charge in [0.15, 0.2) is 5.75 Å². The molecule has 3 aromatic heterocycles. The van der Waals surface area contributed by atoms with Gasteiger partial charge in [-0.25, -0.2) is 4.79 Å². The van der Waals surface area contributed by atoms with Crippen LogP contribution < -0.4 is 20.8 Å². The first kappa shape index (κ1) is 16.5. The van der Waals surface area contributed by atoms with Gasteiger partial charge in [-0.3, -0.25) is 0 Å². The summed E-state index contributed by atoms with van der Waals surface area (Å²) in [7, 11) is 1.51. The Morgan fingerprint density at radius 3 is 2.89 bits per heavy atom. The van der Waals surface area contributed by atoms with Gasteiger partial charge in [0, 0.05) is 10.9 Å². The summed E-state index contributed by atoms with van der Waals surface area (Å²) in [6.07, 6.45) is 1.52. The van der Waals surface area contributed by atoms with Crippen molar-refractivity contribution in [3.63, 3.8) is 0 Å². The predicted molar refractivity (Wildman–Crippen MR) is 102 cm³/mol. The van der Waals surface area contributed by atoms with E-state index in [1.165, 1.54) is 24.7 Å². The van der Waals surface area contributed by atoms with Crippen LogP contribution in [0.3, 0.4) is 0 Å². The molecular formula is C20H12N2O5S. The lowest BCUT2D eigenvalue weighted by Gasteiger charge is -2.25. The lowest BCUT2D eigenvalue weighted by molar-refractivity contribution is 0.382. The summed E-state index contributed by atoms with van der Waals surface area (Å²) in [5.41, 5.74) is 6.63. The van der Waals surface area contributed by atoms with Crippen LogP contribution in [0.1, 0.15) is 16.4 Å². The Balaban J connectivity index is 1.95. The summed E-state index contributed by atoms with van der Waals surface area (Å²) < 4.78 is 22.4.